The molecule has 1 saturated heterocycles. The lowest BCUT2D eigenvalue weighted by Gasteiger charge is -2.37. The summed E-state index contributed by atoms with van der Waals surface area (Å²) in [6.45, 7) is -0.0644. The third-order valence-electron chi connectivity index (χ3n) is 8.92. The number of rotatable bonds is 11. The summed E-state index contributed by atoms with van der Waals surface area (Å²) in [5.41, 5.74) is 8.85. The first kappa shape index (κ1) is 32.8. The Balaban J connectivity index is 1.20. The molecular formula is C38H35FN6O5. The molecule has 0 radical (unpaired) electrons. The molecule has 50 heavy (non-hydrogen) atoms. The van der Waals surface area contributed by atoms with Gasteiger partial charge < -0.3 is 30.0 Å². The number of nitrogens with two attached hydrogens (primary N) is 1. The third kappa shape index (κ3) is 6.04. The van der Waals surface area contributed by atoms with Crippen LogP contribution in [0.1, 0.15) is 33.3 Å². The van der Waals surface area contributed by atoms with E-state index in [-0.39, 0.29) is 29.5 Å². The largest absolute Gasteiger partial charge is 0.497 e. The van der Waals surface area contributed by atoms with Crippen molar-refractivity contribution in [3.05, 3.63) is 144 Å². The Morgan fingerprint density at radius 2 is 1.42 bits per heavy atom. The molecule has 4 aromatic carbocycles. The van der Waals surface area contributed by atoms with Gasteiger partial charge in [-0.25, -0.2) is 19.3 Å². The lowest BCUT2D eigenvalue weighted by Crippen LogP contribution is -2.43. The predicted octanol–water partition coefficient (Wildman–Crippen LogP) is 5.67. The van der Waals surface area contributed by atoms with Gasteiger partial charge in [0.15, 0.2) is 29.4 Å². The van der Waals surface area contributed by atoms with E-state index in [0.29, 0.717) is 17.1 Å². The minimum atomic E-state index is -1.63. The molecule has 1 amide bonds. The van der Waals surface area contributed by atoms with Crippen molar-refractivity contribution in [2.45, 2.75) is 30.1 Å². The second kappa shape index (κ2) is 14.0. The predicted molar refractivity (Wildman–Crippen MR) is 185 cm³/mol. The Kier molecular flexibility index (Phi) is 9.22. The van der Waals surface area contributed by atoms with E-state index >= 15 is 4.39 Å². The average Bonchev–Trinajstić information content (AvgIpc) is 3.73. The highest BCUT2D eigenvalue weighted by Gasteiger charge is 2.47. The van der Waals surface area contributed by atoms with E-state index in [1.165, 1.54) is 17.2 Å². The zero-order chi connectivity index (χ0) is 34.7. The zero-order valence-electron chi connectivity index (χ0n) is 27.3. The fraction of sp³-hybridized carbons (Fsp3) is 0.211. The molecule has 11 nitrogen and oxygen atoms in total. The molecule has 0 spiro atoms. The van der Waals surface area contributed by atoms with E-state index in [9.17, 15) is 4.79 Å². The number of aromatic nitrogens is 4. The van der Waals surface area contributed by atoms with E-state index in [4.69, 9.17) is 24.7 Å². The number of benzene rings is 4. The number of fused-ring (bicyclic) bond motifs is 1. The van der Waals surface area contributed by atoms with Crippen LogP contribution in [0.4, 0.5) is 10.2 Å². The van der Waals surface area contributed by atoms with Crippen molar-refractivity contribution >= 4 is 22.9 Å². The van der Waals surface area contributed by atoms with Crippen LogP contribution in [0.25, 0.3) is 11.2 Å². The van der Waals surface area contributed by atoms with Gasteiger partial charge in [-0.05, 0) is 53.1 Å². The van der Waals surface area contributed by atoms with Gasteiger partial charge in [0, 0.05) is 5.56 Å². The highest BCUT2D eigenvalue weighted by Crippen LogP contribution is 2.43. The second-order valence-electron chi connectivity index (χ2n) is 11.8. The van der Waals surface area contributed by atoms with Crippen molar-refractivity contribution in [1.82, 2.24) is 19.5 Å². The molecule has 0 bridgehead atoms. The van der Waals surface area contributed by atoms with Crippen molar-refractivity contribution < 1.29 is 28.1 Å². The van der Waals surface area contributed by atoms with Gasteiger partial charge in [0.1, 0.15) is 29.5 Å². The van der Waals surface area contributed by atoms with E-state index in [2.05, 4.69) is 20.3 Å². The van der Waals surface area contributed by atoms with Crippen LogP contribution in [0.5, 0.6) is 11.5 Å². The third-order valence-corrected chi connectivity index (χ3v) is 8.92. The molecule has 2 aromatic heterocycles. The number of methoxy groups -OCH3 is 2. The maximum atomic E-state index is 16.1. The number of hydrogen-bond acceptors (Lipinski definition) is 9. The summed E-state index contributed by atoms with van der Waals surface area (Å²) >= 11 is 0. The summed E-state index contributed by atoms with van der Waals surface area (Å²) in [6, 6.07) is 32.7. The van der Waals surface area contributed by atoms with Crippen LogP contribution >= 0.6 is 0 Å². The van der Waals surface area contributed by atoms with Crippen molar-refractivity contribution in [2.24, 2.45) is 5.73 Å². The van der Waals surface area contributed by atoms with Gasteiger partial charge in [-0.1, -0.05) is 72.8 Å². The monoisotopic (exact) mass is 674 g/mol. The summed E-state index contributed by atoms with van der Waals surface area (Å²) in [5.74, 6) is 1.20. The van der Waals surface area contributed by atoms with Crippen LogP contribution in [0.2, 0.25) is 0 Å². The Morgan fingerprint density at radius 3 is 2.02 bits per heavy atom. The minimum Gasteiger partial charge on any atom is -0.497 e. The summed E-state index contributed by atoms with van der Waals surface area (Å²) in [6.07, 6.45) is -0.961. The molecule has 0 unspecified atom stereocenters. The molecule has 7 rings (SSSR count). The molecule has 254 valence electrons. The zero-order valence-corrected chi connectivity index (χ0v) is 27.3. The van der Waals surface area contributed by atoms with Gasteiger partial charge in [0.2, 0.25) is 0 Å². The number of nitrogens with zero attached hydrogens (tertiary/aromatic N) is 4. The smallest absolute Gasteiger partial charge is 0.256 e. The highest BCUT2D eigenvalue weighted by atomic mass is 19.1. The van der Waals surface area contributed by atoms with Crippen LogP contribution in [-0.2, 0) is 15.1 Å². The van der Waals surface area contributed by atoms with E-state index in [0.717, 1.165) is 16.7 Å². The summed E-state index contributed by atoms with van der Waals surface area (Å²) in [5, 5.41) is 2.77. The molecule has 0 saturated carbocycles. The Hall–Kier alpha value is -5.69. The maximum Gasteiger partial charge on any atom is 0.256 e. The molecule has 12 heteroatoms. The number of ether oxygens (including phenoxy) is 4. The van der Waals surface area contributed by atoms with E-state index in [1.807, 2.05) is 84.9 Å². The van der Waals surface area contributed by atoms with E-state index in [1.54, 1.807) is 38.5 Å². The van der Waals surface area contributed by atoms with Crippen LogP contribution in [0.15, 0.2) is 122 Å². The normalized spacial score (nSPS) is 19.0. The number of carbonyl (C=O) groups is 1. The molecule has 4 atom stereocenters. The number of anilines is 1. The topological polar surface area (TPSA) is 136 Å². The highest BCUT2D eigenvalue weighted by molar-refractivity contribution is 6.06. The SMILES string of the molecule is COc1ccc(C(OC[C@H]2O[C@@H](n3cnc4c(NC(=O)c5ccccc5)ncnc43)[C@H](F)[C@@H]2N)(c2ccccc2)c2ccc(OC)cc2)cc1. The van der Waals surface area contributed by atoms with Crippen molar-refractivity contribution in [3.8, 4) is 11.5 Å². The standard InChI is InChI=1S/C38H35FN6O5/c1-47-28-17-13-26(14-18-28)38(25-11-7-4-8-12-25,27-15-19-29(48-2)20-16-27)49-21-30-32(40)31(39)37(50-30)45-23-43-33-34(41-22-42-35(33)45)44-36(46)24-9-5-3-6-10-24/h3-20,22-23,30-32,37H,21,40H2,1-2H3,(H,41,42,44,46)/t30-,31-,32-,37-/m1/s1. The first-order valence-corrected chi connectivity index (χ1v) is 16.0. The van der Waals surface area contributed by atoms with Crippen LogP contribution in [-0.4, -0.2) is 64.6 Å². The number of carbonyl (C=O) groups excluding carboxylic acids is 1. The van der Waals surface area contributed by atoms with Crippen molar-refractivity contribution in [1.29, 1.82) is 0 Å². The number of imidazole rings is 1. The lowest BCUT2D eigenvalue weighted by atomic mass is 9.80. The van der Waals surface area contributed by atoms with E-state index < -0.39 is 30.1 Å². The Labute approximate surface area is 287 Å². The van der Waals surface area contributed by atoms with Crippen molar-refractivity contribution in [3.63, 3.8) is 0 Å². The fourth-order valence-corrected chi connectivity index (χ4v) is 6.29. The van der Waals surface area contributed by atoms with Gasteiger partial charge in [-0.15, -0.1) is 0 Å². The first-order valence-electron chi connectivity index (χ1n) is 16.0. The number of halogens is 1. The van der Waals surface area contributed by atoms with Gasteiger partial charge in [0.05, 0.1) is 33.2 Å². The molecule has 3 N–H and O–H groups in total. The Bertz CT molecular complexity index is 2010. The molecule has 1 aliphatic rings. The lowest BCUT2D eigenvalue weighted by molar-refractivity contribution is -0.0819. The van der Waals surface area contributed by atoms with Gasteiger partial charge >= 0.3 is 0 Å². The molecular weight excluding hydrogens is 639 g/mol. The molecule has 1 aliphatic heterocycles. The molecule has 3 heterocycles. The quantitative estimate of drug-likeness (QED) is 0.167. The molecule has 0 aliphatic carbocycles. The van der Waals surface area contributed by atoms with Gasteiger partial charge in [-0.2, -0.15) is 0 Å². The number of alkyl halides is 1. The summed E-state index contributed by atoms with van der Waals surface area (Å²) < 4.78 is 41.7. The second-order valence-corrected chi connectivity index (χ2v) is 11.8. The van der Waals surface area contributed by atoms with Gasteiger partial charge in [0.25, 0.3) is 5.91 Å². The van der Waals surface area contributed by atoms with Crippen LogP contribution in [0, 0.1) is 0 Å². The fourth-order valence-electron chi connectivity index (χ4n) is 6.29. The minimum absolute atomic E-state index is 0.0644. The molecule has 6 aromatic rings. The molecule has 1 fully saturated rings. The number of amides is 1. The summed E-state index contributed by atoms with van der Waals surface area (Å²) in [7, 11) is 3.22. The van der Waals surface area contributed by atoms with Crippen LogP contribution < -0.4 is 20.5 Å². The van der Waals surface area contributed by atoms with Crippen molar-refractivity contribution in [2.75, 3.05) is 26.1 Å². The maximum absolute atomic E-state index is 16.1. The number of nitrogens with one attached hydrogen (secondary N) is 1. The summed E-state index contributed by atoms with van der Waals surface area (Å²) in [4.78, 5) is 25.8. The van der Waals surface area contributed by atoms with Crippen LogP contribution in [0.3, 0.4) is 0 Å². The number of hydrogen-bond donors (Lipinski definition) is 2. The average molecular weight is 675 g/mol. The first-order chi connectivity index (χ1) is 24.4. The Morgan fingerprint density at radius 1 is 0.840 bits per heavy atom. The van der Waals surface area contributed by atoms with Gasteiger partial charge in [-0.3, -0.25) is 9.36 Å².